The molecule has 0 saturated heterocycles. The topological polar surface area (TPSA) is 166 Å². The molecule has 9 heteroatoms. The number of unbranched alkanes of at least 4 members (excludes halogenated alkanes) is 1. The summed E-state index contributed by atoms with van der Waals surface area (Å²) >= 11 is 0. The van der Waals surface area contributed by atoms with Crippen LogP contribution in [-0.4, -0.2) is 42.8 Å². The van der Waals surface area contributed by atoms with Gasteiger partial charge in [-0.2, -0.15) is 0 Å². The minimum atomic E-state index is -0.706. The molecule has 1 rings (SSSR count). The van der Waals surface area contributed by atoms with Crippen molar-refractivity contribution in [3.63, 3.8) is 0 Å². The van der Waals surface area contributed by atoms with Gasteiger partial charge in [-0.05, 0) is 37.8 Å². The summed E-state index contributed by atoms with van der Waals surface area (Å²) in [6, 6.07) is 7.95. The van der Waals surface area contributed by atoms with Crippen LogP contribution in [0.3, 0.4) is 0 Å². The second-order valence-corrected chi connectivity index (χ2v) is 6.06. The largest absolute Gasteiger partial charge is 0.370 e. The summed E-state index contributed by atoms with van der Waals surface area (Å²) in [5.74, 6) is -0.998. The first kappa shape index (κ1) is 21.9. The Morgan fingerprint density at radius 1 is 1.00 bits per heavy atom. The van der Waals surface area contributed by atoms with E-state index in [1.807, 2.05) is 6.07 Å². The maximum Gasteiger partial charge on any atom is 0.251 e. The maximum atomic E-state index is 12.4. The average molecular weight is 376 g/mol. The number of carbonyl (C=O) groups excluding carboxylic acids is 3. The van der Waals surface area contributed by atoms with E-state index in [1.54, 1.807) is 24.3 Å². The van der Waals surface area contributed by atoms with Gasteiger partial charge in [-0.3, -0.25) is 19.4 Å². The number of aliphatic imine (C=N–C) groups is 1. The summed E-state index contributed by atoms with van der Waals surface area (Å²) in [5.41, 5.74) is 16.1. The Balaban J connectivity index is 2.57. The number of guanidine groups is 1. The zero-order valence-corrected chi connectivity index (χ0v) is 15.3. The van der Waals surface area contributed by atoms with Crippen LogP contribution in [0.2, 0.25) is 0 Å². The van der Waals surface area contributed by atoms with Gasteiger partial charge < -0.3 is 27.8 Å². The fourth-order valence-electron chi connectivity index (χ4n) is 2.36. The maximum absolute atomic E-state index is 12.4. The monoisotopic (exact) mass is 376 g/mol. The molecular formula is C18H28N6O3. The number of primary amides is 1. The fourth-order valence-corrected chi connectivity index (χ4v) is 2.36. The first-order chi connectivity index (χ1) is 12.9. The summed E-state index contributed by atoms with van der Waals surface area (Å²) < 4.78 is 0. The molecule has 3 amide bonds. The van der Waals surface area contributed by atoms with Gasteiger partial charge in [0.1, 0.15) is 6.04 Å². The summed E-state index contributed by atoms with van der Waals surface area (Å²) in [5, 5.41) is 5.52. The summed E-state index contributed by atoms with van der Waals surface area (Å²) in [6.07, 6.45) is 2.43. The van der Waals surface area contributed by atoms with Crippen LogP contribution >= 0.6 is 0 Å². The highest BCUT2D eigenvalue weighted by atomic mass is 16.2. The van der Waals surface area contributed by atoms with Gasteiger partial charge in [0.2, 0.25) is 11.8 Å². The van der Waals surface area contributed by atoms with Crippen LogP contribution in [0.4, 0.5) is 0 Å². The number of nitrogens with zero attached hydrogens (tertiary/aromatic N) is 1. The molecule has 0 spiro atoms. The third-order valence-electron chi connectivity index (χ3n) is 3.75. The van der Waals surface area contributed by atoms with E-state index in [1.165, 1.54) is 0 Å². The molecule has 1 aromatic carbocycles. The van der Waals surface area contributed by atoms with Crippen molar-refractivity contribution < 1.29 is 14.4 Å². The molecule has 9 nitrogen and oxygen atoms in total. The smallest absolute Gasteiger partial charge is 0.251 e. The molecule has 0 bridgehead atoms. The molecule has 0 saturated carbocycles. The molecule has 8 N–H and O–H groups in total. The number of carbonyl (C=O) groups is 3. The number of hydrogen-bond donors (Lipinski definition) is 5. The Kier molecular flexibility index (Phi) is 9.98. The van der Waals surface area contributed by atoms with Gasteiger partial charge in [0.05, 0.1) is 0 Å². The lowest BCUT2D eigenvalue weighted by Gasteiger charge is -2.18. The third-order valence-corrected chi connectivity index (χ3v) is 3.75. The van der Waals surface area contributed by atoms with Crippen LogP contribution in [0.5, 0.6) is 0 Å². The van der Waals surface area contributed by atoms with Gasteiger partial charge in [0, 0.05) is 25.1 Å². The Labute approximate surface area is 158 Å². The van der Waals surface area contributed by atoms with E-state index in [0.717, 1.165) is 0 Å². The van der Waals surface area contributed by atoms with Crippen LogP contribution < -0.4 is 27.8 Å². The predicted octanol–water partition coefficient (Wildman–Crippen LogP) is -0.390. The summed E-state index contributed by atoms with van der Waals surface area (Å²) in [7, 11) is 0. The molecule has 1 atom stereocenters. The number of benzene rings is 1. The van der Waals surface area contributed by atoms with Gasteiger partial charge in [-0.15, -0.1) is 0 Å². The van der Waals surface area contributed by atoms with E-state index in [2.05, 4.69) is 15.6 Å². The molecule has 27 heavy (non-hydrogen) atoms. The lowest BCUT2D eigenvalue weighted by atomic mass is 10.1. The van der Waals surface area contributed by atoms with Crippen molar-refractivity contribution in [2.75, 3.05) is 13.1 Å². The zero-order chi connectivity index (χ0) is 20.1. The Bertz CT molecular complexity index is 644. The van der Waals surface area contributed by atoms with Gasteiger partial charge in [-0.1, -0.05) is 18.2 Å². The molecule has 148 valence electrons. The Morgan fingerprint density at radius 2 is 1.70 bits per heavy atom. The van der Waals surface area contributed by atoms with Crippen molar-refractivity contribution in [2.45, 2.75) is 38.1 Å². The molecule has 0 aliphatic carbocycles. The lowest BCUT2D eigenvalue weighted by Crippen LogP contribution is -2.47. The van der Waals surface area contributed by atoms with E-state index < -0.39 is 6.04 Å². The van der Waals surface area contributed by atoms with E-state index in [9.17, 15) is 14.4 Å². The van der Waals surface area contributed by atoms with Crippen LogP contribution in [-0.2, 0) is 9.59 Å². The number of hydrogen-bond acceptors (Lipinski definition) is 4. The lowest BCUT2D eigenvalue weighted by molar-refractivity contribution is -0.123. The highest BCUT2D eigenvalue weighted by molar-refractivity contribution is 5.97. The first-order valence-electron chi connectivity index (χ1n) is 8.87. The highest BCUT2D eigenvalue weighted by Crippen LogP contribution is 2.04. The SMILES string of the molecule is NC(=O)CCCCNC(=O)[C@H](CCCN=C(N)N)NC(=O)c1ccccc1. The van der Waals surface area contributed by atoms with Crippen LogP contribution in [0.25, 0.3) is 0 Å². The van der Waals surface area contributed by atoms with E-state index >= 15 is 0 Å². The second-order valence-electron chi connectivity index (χ2n) is 6.06. The molecule has 0 aromatic heterocycles. The van der Waals surface area contributed by atoms with E-state index in [0.29, 0.717) is 44.3 Å². The molecule has 0 aliphatic rings. The highest BCUT2D eigenvalue weighted by Gasteiger charge is 2.20. The van der Waals surface area contributed by atoms with Crippen molar-refractivity contribution in [3.8, 4) is 0 Å². The first-order valence-corrected chi connectivity index (χ1v) is 8.87. The minimum absolute atomic E-state index is 0.0150. The normalized spacial score (nSPS) is 11.3. The number of nitrogens with two attached hydrogens (primary N) is 3. The molecule has 1 aromatic rings. The Morgan fingerprint density at radius 3 is 2.33 bits per heavy atom. The van der Waals surface area contributed by atoms with Gasteiger partial charge in [0.25, 0.3) is 5.91 Å². The number of amides is 3. The molecule has 0 radical (unpaired) electrons. The average Bonchev–Trinajstić information content (AvgIpc) is 2.63. The van der Waals surface area contributed by atoms with Crippen molar-refractivity contribution in [1.82, 2.24) is 10.6 Å². The summed E-state index contributed by atoms with van der Waals surface area (Å²) in [4.78, 5) is 39.4. The number of nitrogens with one attached hydrogen (secondary N) is 2. The quantitative estimate of drug-likeness (QED) is 0.190. The fraction of sp³-hybridized carbons (Fsp3) is 0.444. The molecule has 0 unspecified atom stereocenters. The molecule has 0 heterocycles. The third kappa shape index (κ3) is 9.83. The second kappa shape index (κ2) is 12.3. The van der Waals surface area contributed by atoms with Crippen LogP contribution in [0, 0.1) is 0 Å². The van der Waals surface area contributed by atoms with Crippen molar-refractivity contribution in [3.05, 3.63) is 35.9 Å². The van der Waals surface area contributed by atoms with Crippen molar-refractivity contribution in [1.29, 1.82) is 0 Å². The van der Waals surface area contributed by atoms with Crippen LogP contribution in [0.1, 0.15) is 42.5 Å². The summed E-state index contributed by atoms with van der Waals surface area (Å²) in [6.45, 7) is 0.768. The molecular weight excluding hydrogens is 348 g/mol. The van der Waals surface area contributed by atoms with Gasteiger partial charge in [-0.25, -0.2) is 0 Å². The molecule has 0 fully saturated rings. The van der Waals surface area contributed by atoms with E-state index in [4.69, 9.17) is 17.2 Å². The van der Waals surface area contributed by atoms with Crippen molar-refractivity contribution in [2.24, 2.45) is 22.2 Å². The van der Waals surface area contributed by atoms with Gasteiger partial charge in [0.15, 0.2) is 5.96 Å². The van der Waals surface area contributed by atoms with Crippen LogP contribution in [0.15, 0.2) is 35.3 Å². The van der Waals surface area contributed by atoms with Gasteiger partial charge >= 0.3 is 0 Å². The zero-order valence-electron chi connectivity index (χ0n) is 15.3. The molecule has 0 aliphatic heterocycles. The predicted molar refractivity (Wildman–Crippen MR) is 104 cm³/mol. The minimum Gasteiger partial charge on any atom is -0.370 e. The Hall–Kier alpha value is -3.10. The van der Waals surface area contributed by atoms with E-state index in [-0.39, 0.29) is 30.1 Å². The standard InChI is InChI=1S/C18H28N6O3/c19-15(25)10-4-5-11-22-17(27)14(9-6-12-23-18(20)21)24-16(26)13-7-2-1-3-8-13/h1-3,7-8,14H,4-6,9-12H2,(H2,19,25)(H,22,27)(H,24,26)(H4,20,21,23)/t14-/m0/s1. The van der Waals surface area contributed by atoms with Crippen molar-refractivity contribution >= 4 is 23.7 Å². The number of rotatable bonds is 12.